The maximum absolute atomic E-state index is 4.36. The molecule has 0 aliphatic carbocycles. The molecule has 56 valence electrons. The SMILES string of the molecule is CC(C)SC1=NCCC=C1. The molecule has 1 aliphatic heterocycles. The van der Waals surface area contributed by atoms with Crippen molar-refractivity contribution in [2.45, 2.75) is 25.5 Å². The first kappa shape index (κ1) is 7.86. The van der Waals surface area contributed by atoms with Crippen LogP contribution in [-0.2, 0) is 0 Å². The lowest BCUT2D eigenvalue weighted by Crippen LogP contribution is -1.99. The van der Waals surface area contributed by atoms with Crippen molar-refractivity contribution in [1.29, 1.82) is 0 Å². The van der Waals surface area contributed by atoms with Gasteiger partial charge in [-0.15, -0.1) is 11.8 Å². The third-order valence-corrected chi connectivity index (χ3v) is 2.16. The molecular weight excluding hydrogens is 142 g/mol. The largest absolute Gasteiger partial charge is 0.278 e. The molecule has 0 N–H and O–H groups in total. The van der Waals surface area contributed by atoms with E-state index in [1.54, 1.807) is 0 Å². The normalized spacial score (nSPS) is 17.7. The number of hydrogen-bond acceptors (Lipinski definition) is 2. The molecule has 0 aromatic rings. The van der Waals surface area contributed by atoms with Crippen molar-refractivity contribution in [3.63, 3.8) is 0 Å². The lowest BCUT2D eigenvalue weighted by Gasteiger charge is -2.07. The van der Waals surface area contributed by atoms with Crippen molar-refractivity contribution >= 4 is 16.8 Å². The molecule has 1 rings (SSSR count). The topological polar surface area (TPSA) is 12.4 Å². The van der Waals surface area contributed by atoms with E-state index in [9.17, 15) is 0 Å². The van der Waals surface area contributed by atoms with Crippen molar-refractivity contribution < 1.29 is 0 Å². The van der Waals surface area contributed by atoms with Gasteiger partial charge >= 0.3 is 0 Å². The highest BCUT2D eigenvalue weighted by molar-refractivity contribution is 8.14. The molecule has 10 heavy (non-hydrogen) atoms. The van der Waals surface area contributed by atoms with Crippen molar-refractivity contribution in [2.75, 3.05) is 6.54 Å². The summed E-state index contributed by atoms with van der Waals surface area (Å²) in [4.78, 5) is 4.36. The Morgan fingerprint density at radius 1 is 1.60 bits per heavy atom. The standard InChI is InChI=1S/C8H13NS/c1-7(2)10-8-5-3-4-6-9-8/h3,5,7H,4,6H2,1-2H3. The van der Waals surface area contributed by atoms with Crippen molar-refractivity contribution in [2.24, 2.45) is 4.99 Å². The number of thioether (sulfide) groups is 1. The minimum atomic E-state index is 0.654. The van der Waals surface area contributed by atoms with E-state index in [0.717, 1.165) is 13.0 Å². The van der Waals surface area contributed by atoms with Crippen LogP contribution in [0.3, 0.4) is 0 Å². The van der Waals surface area contributed by atoms with E-state index < -0.39 is 0 Å². The van der Waals surface area contributed by atoms with Gasteiger partial charge in [0.1, 0.15) is 0 Å². The van der Waals surface area contributed by atoms with E-state index in [4.69, 9.17) is 0 Å². The molecule has 2 heteroatoms. The van der Waals surface area contributed by atoms with E-state index in [1.807, 2.05) is 11.8 Å². The van der Waals surface area contributed by atoms with Crippen LogP contribution >= 0.6 is 11.8 Å². The summed E-state index contributed by atoms with van der Waals surface area (Å²) in [6.45, 7) is 5.36. The van der Waals surface area contributed by atoms with Crippen molar-refractivity contribution in [3.8, 4) is 0 Å². The third-order valence-electron chi connectivity index (χ3n) is 1.18. The summed E-state index contributed by atoms with van der Waals surface area (Å²) in [5.74, 6) is 0. The average molecular weight is 155 g/mol. The lowest BCUT2D eigenvalue weighted by atomic mass is 10.3. The second-order valence-corrected chi connectivity index (χ2v) is 4.17. The monoisotopic (exact) mass is 155 g/mol. The molecule has 0 aromatic heterocycles. The van der Waals surface area contributed by atoms with E-state index >= 15 is 0 Å². The molecule has 0 spiro atoms. The van der Waals surface area contributed by atoms with Crippen molar-refractivity contribution in [3.05, 3.63) is 12.2 Å². The van der Waals surface area contributed by atoms with E-state index in [2.05, 4.69) is 31.0 Å². The van der Waals surface area contributed by atoms with Crippen molar-refractivity contribution in [1.82, 2.24) is 0 Å². The number of nitrogens with zero attached hydrogens (tertiary/aromatic N) is 1. The van der Waals surface area contributed by atoms with Crippen LogP contribution in [0.1, 0.15) is 20.3 Å². The zero-order valence-electron chi connectivity index (χ0n) is 6.50. The highest BCUT2D eigenvalue weighted by Gasteiger charge is 2.01. The van der Waals surface area contributed by atoms with Crippen LogP contribution < -0.4 is 0 Å². The van der Waals surface area contributed by atoms with E-state index in [0.29, 0.717) is 5.25 Å². The van der Waals surface area contributed by atoms with Gasteiger partial charge in [0.15, 0.2) is 0 Å². The quantitative estimate of drug-likeness (QED) is 0.566. The average Bonchev–Trinajstić information content (AvgIpc) is 1.88. The molecular formula is C8H13NS. The third kappa shape index (κ3) is 2.56. The first-order valence-electron chi connectivity index (χ1n) is 3.66. The fourth-order valence-electron chi connectivity index (χ4n) is 0.804. The number of aliphatic imine (C=N–C) groups is 1. The molecule has 0 aromatic carbocycles. The lowest BCUT2D eigenvalue weighted by molar-refractivity contribution is 0.999. The first-order chi connectivity index (χ1) is 4.79. The van der Waals surface area contributed by atoms with Crippen LogP contribution in [0, 0.1) is 0 Å². The summed E-state index contributed by atoms with van der Waals surface area (Å²) in [7, 11) is 0. The molecule has 0 fully saturated rings. The van der Waals surface area contributed by atoms with Crippen LogP contribution in [0.15, 0.2) is 17.1 Å². The molecule has 1 heterocycles. The van der Waals surface area contributed by atoms with E-state index in [1.165, 1.54) is 5.04 Å². The minimum absolute atomic E-state index is 0.654. The summed E-state index contributed by atoms with van der Waals surface area (Å²) in [6.07, 6.45) is 5.42. The van der Waals surface area contributed by atoms with Gasteiger partial charge in [0.2, 0.25) is 0 Å². The second kappa shape index (κ2) is 3.81. The highest BCUT2D eigenvalue weighted by Crippen LogP contribution is 2.15. The van der Waals surface area contributed by atoms with E-state index in [-0.39, 0.29) is 0 Å². The molecule has 0 radical (unpaired) electrons. The zero-order valence-corrected chi connectivity index (χ0v) is 7.32. The summed E-state index contributed by atoms with van der Waals surface area (Å²) in [5.41, 5.74) is 0. The molecule has 0 saturated carbocycles. The van der Waals surface area contributed by atoms with Gasteiger partial charge in [-0.2, -0.15) is 0 Å². The molecule has 0 bridgehead atoms. The zero-order chi connectivity index (χ0) is 7.40. The predicted molar refractivity (Wildman–Crippen MR) is 48.8 cm³/mol. The summed E-state index contributed by atoms with van der Waals surface area (Å²) in [5, 5.41) is 1.85. The number of rotatable bonds is 1. The van der Waals surface area contributed by atoms with Gasteiger partial charge < -0.3 is 0 Å². The Balaban J connectivity index is 2.40. The summed E-state index contributed by atoms with van der Waals surface area (Å²) < 4.78 is 0. The molecule has 0 amide bonds. The summed E-state index contributed by atoms with van der Waals surface area (Å²) >= 11 is 1.84. The van der Waals surface area contributed by atoms with Gasteiger partial charge in [-0.25, -0.2) is 0 Å². The van der Waals surface area contributed by atoms with Gasteiger partial charge in [0, 0.05) is 11.8 Å². The minimum Gasteiger partial charge on any atom is -0.278 e. The van der Waals surface area contributed by atoms with Gasteiger partial charge in [-0.05, 0) is 12.5 Å². The van der Waals surface area contributed by atoms with Gasteiger partial charge in [0.05, 0.1) is 5.04 Å². The molecule has 0 atom stereocenters. The molecule has 1 aliphatic rings. The summed E-state index contributed by atoms with van der Waals surface area (Å²) in [6, 6.07) is 0. The second-order valence-electron chi connectivity index (χ2n) is 2.58. The Labute approximate surface area is 66.6 Å². The Morgan fingerprint density at radius 3 is 2.90 bits per heavy atom. The van der Waals surface area contributed by atoms with Crippen LogP contribution in [0.5, 0.6) is 0 Å². The molecule has 0 unspecified atom stereocenters. The van der Waals surface area contributed by atoms with Crippen LogP contribution in [0.25, 0.3) is 0 Å². The van der Waals surface area contributed by atoms with Crippen LogP contribution in [-0.4, -0.2) is 16.8 Å². The van der Waals surface area contributed by atoms with Crippen LogP contribution in [0.4, 0.5) is 0 Å². The fourth-order valence-corrected chi connectivity index (χ4v) is 1.63. The Bertz CT molecular complexity index is 159. The Kier molecular flexibility index (Phi) is 3.00. The van der Waals surface area contributed by atoms with Crippen LogP contribution in [0.2, 0.25) is 0 Å². The Hall–Kier alpha value is -0.240. The smallest absolute Gasteiger partial charge is 0.0903 e. The molecule has 0 saturated heterocycles. The fraction of sp³-hybridized carbons (Fsp3) is 0.625. The Morgan fingerprint density at radius 2 is 2.40 bits per heavy atom. The first-order valence-corrected chi connectivity index (χ1v) is 4.54. The maximum Gasteiger partial charge on any atom is 0.0903 e. The maximum atomic E-state index is 4.36. The van der Waals surface area contributed by atoms with Gasteiger partial charge in [-0.3, -0.25) is 4.99 Å². The molecule has 1 nitrogen and oxygen atoms in total. The van der Waals surface area contributed by atoms with Gasteiger partial charge in [0.25, 0.3) is 0 Å². The predicted octanol–water partition coefficient (Wildman–Crippen LogP) is 2.49. The highest BCUT2D eigenvalue weighted by atomic mass is 32.2. The number of hydrogen-bond donors (Lipinski definition) is 0. The van der Waals surface area contributed by atoms with Gasteiger partial charge in [-0.1, -0.05) is 19.9 Å². The number of dihydropyridines is 1.